The van der Waals surface area contributed by atoms with E-state index in [9.17, 15) is 9.59 Å². The van der Waals surface area contributed by atoms with Crippen molar-refractivity contribution in [2.45, 2.75) is 19.8 Å². The summed E-state index contributed by atoms with van der Waals surface area (Å²) in [5, 5.41) is 11.9. The van der Waals surface area contributed by atoms with Gasteiger partial charge in [0.1, 0.15) is 11.6 Å². The average molecular weight is 295 g/mol. The molecule has 0 aliphatic heterocycles. The van der Waals surface area contributed by atoms with Crippen molar-refractivity contribution in [2.24, 2.45) is 0 Å². The minimum atomic E-state index is -0.247. The van der Waals surface area contributed by atoms with Gasteiger partial charge in [-0.1, -0.05) is 13.8 Å². The Balaban J connectivity index is 2.43. The minimum Gasteiger partial charge on any atom is -0.328 e. The number of aromatic nitrogens is 4. The number of nitrogens with zero attached hydrogens (tertiary/aromatic N) is 3. The molecule has 0 unspecified atom stereocenters. The Morgan fingerprint density at radius 1 is 1.27 bits per heavy atom. The van der Waals surface area contributed by atoms with Crippen molar-refractivity contribution < 1.29 is 0 Å². The zero-order valence-corrected chi connectivity index (χ0v) is 12.0. The second-order valence-electron chi connectivity index (χ2n) is 5.23. The van der Waals surface area contributed by atoms with Crippen molar-refractivity contribution in [1.82, 2.24) is 19.6 Å². The normalized spacial score (nSPS) is 11.0. The fraction of sp³-hybridized carbons (Fsp3) is 0.200. The van der Waals surface area contributed by atoms with Crippen LogP contribution in [0.1, 0.15) is 30.9 Å². The van der Waals surface area contributed by atoms with Gasteiger partial charge in [0.05, 0.1) is 5.69 Å². The summed E-state index contributed by atoms with van der Waals surface area (Å²) in [5.74, 6) is -0.0623. The molecule has 0 aliphatic carbocycles. The highest BCUT2D eigenvalue weighted by atomic mass is 16.1. The first kappa shape index (κ1) is 13.8. The Morgan fingerprint density at radius 3 is 2.64 bits per heavy atom. The van der Waals surface area contributed by atoms with Crippen molar-refractivity contribution in [2.75, 3.05) is 0 Å². The third-order valence-corrected chi connectivity index (χ3v) is 3.45. The summed E-state index contributed by atoms with van der Waals surface area (Å²) in [6, 6.07) is 5.00. The molecule has 0 saturated carbocycles. The van der Waals surface area contributed by atoms with E-state index in [1.807, 2.05) is 19.9 Å². The van der Waals surface area contributed by atoms with Crippen LogP contribution in [0.25, 0.3) is 16.9 Å². The van der Waals surface area contributed by atoms with Crippen LogP contribution in [0, 0.1) is 11.3 Å². The molecular formula is C15H13N5O2. The van der Waals surface area contributed by atoms with Gasteiger partial charge in [-0.2, -0.15) is 5.26 Å². The fourth-order valence-electron chi connectivity index (χ4n) is 2.41. The van der Waals surface area contributed by atoms with Crippen LogP contribution in [-0.2, 0) is 0 Å². The van der Waals surface area contributed by atoms with E-state index in [4.69, 9.17) is 5.26 Å². The predicted octanol–water partition coefficient (Wildman–Crippen LogP) is 1.37. The Kier molecular flexibility index (Phi) is 3.14. The number of H-pyrrole nitrogens is 2. The van der Waals surface area contributed by atoms with Gasteiger partial charge in [-0.25, -0.2) is 9.50 Å². The molecule has 0 aromatic carbocycles. The molecular weight excluding hydrogens is 282 g/mol. The summed E-state index contributed by atoms with van der Waals surface area (Å²) in [6.07, 6.45) is 2.97. The SMILES string of the molecule is CC(C)c1c(-c2ccc(=O)[nH]c2)nc2c(C#N)c[nH]n2c1=O. The third-order valence-electron chi connectivity index (χ3n) is 3.45. The highest BCUT2D eigenvalue weighted by Crippen LogP contribution is 2.24. The van der Waals surface area contributed by atoms with Crippen LogP contribution in [0.3, 0.4) is 0 Å². The van der Waals surface area contributed by atoms with Crippen LogP contribution < -0.4 is 11.1 Å². The summed E-state index contributed by atoms with van der Waals surface area (Å²) < 4.78 is 1.27. The minimum absolute atomic E-state index is 0.0623. The molecule has 3 aromatic heterocycles. The van der Waals surface area contributed by atoms with E-state index < -0.39 is 0 Å². The molecule has 0 atom stereocenters. The highest BCUT2D eigenvalue weighted by molar-refractivity contribution is 5.67. The second-order valence-corrected chi connectivity index (χ2v) is 5.23. The standard InChI is InChI=1S/C15H13N5O2/c1-8(2)12-13(9-3-4-11(21)17-6-9)19-14-10(5-16)7-18-20(14)15(12)22/h3-4,6-8,18H,1-2H3,(H,17,21). The maximum atomic E-state index is 12.7. The topological polar surface area (TPSA) is 107 Å². The summed E-state index contributed by atoms with van der Waals surface area (Å²) in [7, 11) is 0. The smallest absolute Gasteiger partial charge is 0.276 e. The van der Waals surface area contributed by atoms with Crippen molar-refractivity contribution >= 4 is 5.65 Å². The Labute approximate surface area is 124 Å². The Bertz CT molecular complexity index is 997. The number of aromatic amines is 2. The van der Waals surface area contributed by atoms with Crippen molar-refractivity contribution in [3.05, 3.63) is 56.4 Å². The number of nitrogens with one attached hydrogen (secondary N) is 2. The molecule has 7 nitrogen and oxygen atoms in total. The molecule has 0 amide bonds. The maximum Gasteiger partial charge on any atom is 0.276 e. The second kappa shape index (κ2) is 5.00. The molecule has 3 rings (SSSR count). The van der Waals surface area contributed by atoms with Gasteiger partial charge in [-0.05, 0) is 12.0 Å². The van der Waals surface area contributed by atoms with E-state index in [0.717, 1.165) is 0 Å². The lowest BCUT2D eigenvalue weighted by Gasteiger charge is -2.11. The molecule has 110 valence electrons. The van der Waals surface area contributed by atoms with Gasteiger partial charge in [0, 0.05) is 29.6 Å². The molecule has 0 spiro atoms. The van der Waals surface area contributed by atoms with Crippen LogP contribution in [0.2, 0.25) is 0 Å². The molecule has 0 saturated heterocycles. The fourth-order valence-corrected chi connectivity index (χ4v) is 2.41. The number of rotatable bonds is 2. The van der Waals surface area contributed by atoms with E-state index in [1.54, 1.807) is 6.07 Å². The van der Waals surface area contributed by atoms with Crippen molar-refractivity contribution in [1.29, 1.82) is 5.26 Å². The van der Waals surface area contributed by atoms with Crippen molar-refractivity contribution in [3.63, 3.8) is 0 Å². The Morgan fingerprint density at radius 2 is 2.05 bits per heavy atom. The van der Waals surface area contributed by atoms with E-state index in [2.05, 4.69) is 15.1 Å². The van der Waals surface area contributed by atoms with E-state index >= 15 is 0 Å². The largest absolute Gasteiger partial charge is 0.328 e. The Hall–Kier alpha value is -3.14. The third kappa shape index (κ3) is 2.02. The highest BCUT2D eigenvalue weighted by Gasteiger charge is 2.19. The van der Waals surface area contributed by atoms with Crippen LogP contribution in [0.15, 0.2) is 34.1 Å². The van der Waals surface area contributed by atoms with Crippen LogP contribution in [-0.4, -0.2) is 19.6 Å². The van der Waals surface area contributed by atoms with Crippen LogP contribution in [0.4, 0.5) is 0 Å². The molecule has 7 heteroatoms. The quantitative estimate of drug-likeness (QED) is 0.744. The molecule has 0 radical (unpaired) electrons. The van der Waals surface area contributed by atoms with Gasteiger partial charge in [0.2, 0.25) is 5.56 Å². The van der Waals surface area contributed by atoms with Crippen molar-refractivity contribution in [3.8, 4) is 17.3 Å². The number of fused-ring (bicyclic) bond motifs is 1. The molecule has 22 heavy (non-hydrogen) atoms. The predicted molar refractivity (Wildman–Crippen MR) is 80.7 cm³/mol. The first-order chi connectivity index (χ1) is 10.5. The lowest BCUT2D eigenvalue weighted by Crippen LogP contribution is -2.22. The summed E-state index contributed by atoms with van der Waals surface area (Å²) in [6.45, 7) is 3.79. The van der Waals surface area contributed by atoms with Gasteiger partial charge < -0.3 is 4.98 Å². The van der Waals surface area contributed by atoms with Crippen LogP contribution >= 0.6 is 0 Å². The number of hydrogen-bond acceptors (Lipinski definition) is 4. The lowest BCUT2D eigenvalue weighted by molar-refractivity contribution is 0.797. The molecule has 2 N–H and O–H groups in total. The summed E-state index contributed by atoms with van der Waals surface area (Å²) in [5.41, 5.74) is 1.72. The molecule has 3 heterocycles. The van der Waals surface area contributed by atoms with Crippen LogP contribution in [0.5, 0.6) is 0 Å². The molecule has 0 aliphatic rings. The lowest BCUT2D eigenvalue weighted by atomic mass is 9.99. The van der Waals surface area contributed by atoms with Gasteiger partial charge in [-0.15, -0.1) is 0 Å². The maximum absolute atomic E-state index is 12.7. The zero-order chi connectivity index (χ0) is 15.9. The van der Waals surface area contributed by atoms with Gasteiger partial charge in [-0.3, -0.25) is 14.7 Å². The van der Waals surface area contributed by atoms with Gasteiger partial charge >= 0.3 is 0 Å². The van der Waals surface area contributed by atoms with E-state index in [1.165, 1.54) is 23.0 Å². The molecule has 0 fully saturated rings. The van der Waals surface area contributed by atoms with E-state index in [-0.39, 0.29) is 28.2 Å². The first-order valence-electron chi connectivity index (χ1n) is 6.76. The number of hydrogen-bond donors (Lipinski definition) is 2. The summed E-state index contributed by atoms with van der Waals surface area (Å²) in [4.78, 5) is 30.9. The zero-order valence-electron chi connectivity index (χ0n) is 12.0. The number of pyridine rings is 1. The van der Waals surface area contributed by atoms with Gasteiger partial charge in [0.25, 0.3) is 5.56 Å². The first-order valence-corrected chi connectivity index (χ1v) is 6.76. The monoisotopic (exact) mass is 295 g/mol. The summed E-state index contributed by atoms with van der Waals surface area (Å²) >= 11 is 0. The molecule has 0 bridgehead atoms. The number of nitriles is 1. The van der Waals surface area contributed by atoms with Gasteiger partial charge in [0.15, 0.2) is 5.65 Å². The molecule has 3 aromatic rings. The van der Waals surface area contributed by atoms with E-state index in [0.29, 0.717) is 16.8 Å². The average Bonchev–Trinajstić information content (AvgIpc) is 2.90.